The van der Waals surface area contributed by atoms with E-state index in [-0.39, 0.29) is 18.0 Å². The summed E-state index contributed by atoms with van der Waals surface area (Å²) in [5, 5.41) is 0. The van der Waals surface area contributed by atoms with Crippen LogP contribution < -0.4 is 9.46 Å². The molecule has 2 aromatic carbocycles. The molecular weight excluding hydrogens is 310 g/mol. The van der Waals surface area contributed by atoms with Gasteiger partial charge in [-0.2, -0.15) is 0 Å². The van der Waals surface area contributed by atoms with Crippen molar-refractivity contribution < 1.29 is 13.2 Å². The van der Waals surface area contributed by atoms with Gasteiger partial charge in [-0.3, -0.25) is 0 Å². The molecule has 0 atom stereocenters. The molecule has 0 saturated carbocycles. The van der Waals surface area contributed by atoms with Crippen molar-refractivity contribution in [2.45, 2.75) is 32.1 Å². The molecule has 124 valence electrons. The topological polar surface area (TPSA) is 55.4 Å². The summed E-state index contributed by atoms with van der Waals surface area (Å²) in [6, 6.07) is 12.9. The van der Waals surface area contributed by atoms with E-state index < -0.39 is 10.0 Å². The Hall–Kier alpha value is -1.85. The van der Waals surface area contributed by atoms with Gasteiger partial charge < -0.3 is 4.74 Å². The Labute approximate surface area is 138 Å². The standard InChI is InChI=1S/C18H23NO3S/c1-4-16-5-7-18(8-6-16)23(20,21)19-9-10-22-17-12-14(2)11-15(3)13-17/h5-8,11-13,19H,4,9-10H2,1-3H3. The lowest BCUT2D eigenvalue weighted by atomic mass is 10.1. The van der Waals surface area contributed by atoms with Gasteiger partial charge in [0, 0.05) is 6.54 Å². The quantitative estimate of drug-likeness (QED) is 0.792. The first-order valence-corrected chi connectivity index (χ1v) is 9.19. The lowest BCUT2D eigenvalue weighted by Gasteiger charge is -2.10. The number of hydrogen-bond donors (Lipinski definition) is 1. The number of hydrogen-bond acceptors (Lipinski definition) is 3. The molecular formula is C18H23NO3S. The van der Waals surface area contributed by atoms with Gasteiger partial charge >= 0.3 is 0 Å². The summed E-state index contributed by atoms with van der Waals surface area (Å²) in [5.41, 5.74) is 3.36. The van der Waals surface area contributed by atoms with E-state index in [1.165, 1.54) is 0 Å². The van der Waals surface area contributed by atoms with Crippen LogP contribution >= 0.6 is 0 Å². The van der Waals surface area contributed by atoms with E-state index in [1.54, 1.807) is 12.1 Å². The highest BCUT2D eigenvalue weighted by atomic mass is 32.2. The molecule has 1 N–H and O–H groups in total. The molecule has 0 heterocycles. The van der Waals surface area contributed by atoms with E-state index in [1.807, 2.05) is 45.0 Å². The number of rotatable bonds is 7. The molecule has 0 fully saturated rings. The molecule has 23 heavy (non-hydrogen) atoms. The maximum absolute atomic E-state index is 12.2. The van der Waals surface area contributed by atoms with Crippen molar-refractivity contribution in [1.82, 2.24) is 4.72 Å². The molecule has 0 spiro atoms. The lowest BCUT2D eigenvalue weighted by molar-refractivity contribution is 0.322. The summed E-state index contributed by atoms with van der Waals surface area (Å²) in [5.74, 6) is 0.758. The number of nitrogens with one attached hydrogen (secondary N) is 1. The average molecular weight is 333 g/mol. The number of sulfonamides is 1. The van der Waals surface area contributed by atoms with Crippen LogP contribution in [-0.4, -0.2) is 21.6 Å². The number of aryl methyl sites for hydroxylation is 3. The fourth-order valence-corrected chi connectivity index (χ4v) is 3.36. The van der Waals surface area contributed by atoms with Crippen LogP contribution in [0.4, 0.5) is 0 Å². The summed E-state index contributed by atoms with van der Waals surface area (Å²) in [7, 11) is -3.49. The highest BCUT2D eigenvalue weighted by molar-refractivity contribution is 7.89. The van der Waals surface area contributed by atoms with Gasteiger partial charge in [-0.15, -0.1) is 0 Å². The van der Waals surface area contributed by atoms with Gasteiger partial charge in [0.1, 0.15) is 12.4 Å². The first-order chi connectivity index (χ1) is 10.9. The number of benzene rings is 2. The van der Waals surface area contributed by atoms with Gasteiger partial charge in [-0.1, -0.05) is 25.1 Å². The minimum Gasteiger partial charge on any atom is -0.492 e. The molecule has 0 saturated heterocycles. The van der Waals surface area contributed by atoms with Crippen LogP contribution in [0, 0.1) is 13.8 Å². The third-order valence-electron chi connectivity index (χ3n) is 3.50. The molecule has 2 aromatic rings. The van der Waals surface area contributed by atoms with E-state index in [2.05, 4.69) is 10.8 Å². The molecule has 0 amide bonds. The van der Waals surface area contributed by atoms with Gasteiger partial charge in [0.25, 0.3) is 0 Å². The Balaban J connectivity index is 1.89. The second-order valence-corrected chi connectivity index (χ2v) is 7.33. The van der Waals surface area contributed by atoms with E-state index >= 15 is 0 Å². The Morgan fingerprint density at radius 1 is 1.00 bits per heavy atom. The molecule has 0 aliphatic rings. The molecule has 0 aliphatic heterocycles. The predicted octanol–water partition coefficient (Wildman–Crippen LogP) is 3.22. The Morgan fingerprint density at radius 3 is 2.17 bits per heavy atom. The smallest absolute Gasteiger partial charge is 0.240 e. The minimum absolute atomic E-state index is 0.227. The van der Waals surface area contributed by atoms with Gasteiger partial charge in [0.15, 0.2) is 0 Å². The summed E-state index contributed by atoms with van der Waals surface area (Å²) >= 11 is 0. The van der Waals surface area contributed by atoms with Crippen LogP contribution in [0.25, 0.3) is 0 Å². The van der Waals surface area contributed by atoms with Crippen molar-refractivity contribution in [3.63, 3.8) is 0 Å². The molecule has 2 rings (SSSR count). The van der Waals surface area contributed by atoms with Gasteiger partial charge in [0.05, 0.1) is 4.90 Å². The lowest BCUT2D eigenvalue weighted by Crippen LogP contribution is -2.28. The van der Waals surface area contributed by atoms with Crippen LogP contribution in [0.5, 0.6) is 5.75 Å². The third-order valence-corrected chi connectivity index (χ3v) is 4.98. The third kappa shape index (κ3) is 5.08. The second kappa shape index (κ2) is 7.62. The van der Waals surface area contributed by atoms with Crippen molar-refractivity contribution in [3.05, 3.63) is 59.2 Å². The zero-order valence-electron chi connectivity index (χ0n) is 13.8. The highest BCUT2D eigenvalue weighted by Crippen LogP contribution is 2.16. The second-order valence-electron chi connectivity index (χ2n) is 5.57. The molecule has 0 aromatic heterocycles. The number of ether oxygens (including phenoxy) is 1. The van der Waals surface area contributed by atoms with Crippen LogP contribution in [0.3, 0.4) is 0 Å². The van der Waals surface area contributed by atoms with Crippen molar-refractivity contribution in [1.29, 1.82) is 0 Å². The van der Waals surface area contributed by atoms with E-state index in [0.29, 0.717) is 0 Å². The zero-order chi connectivity index (χ0) is 16.9. The Kier molecular flexibility index (Phi) is 5.80. The maximum atomic E-state index is 12.2. The minimum atomic E-state index is -3.49. The normalized spacial score (nSPS) is 11.4. The Morgan fingerprint density at radius 2 is 1.61 bits per heavy atom. The predicted molar refractivity (Wildman–Crippen MR) is 92.4 cm³/mol. The van der Waals surface area contributed by atoms with Crippen LogP contribution in [0.1, 0.15) is 23.6 Å². The Bertz CT molecular complexity index is 732. The molecule has 0 unspecified atom stereocenters. The maximum Gasteiger partial charge on any atom is 0.240 e. The molecule has 5 heteroatoms. The van der Waals surface area contributed by atoms with Crippen LogP contribution in [0.15, 0.2) is 47.4 Å². The van der Waals surface area contributed by atoms with Gasteiger partial charge in [-0.25, -0.2) is 13.1 Å². The SMILES string of the molecule is CCc1ccc(S(=O)(=O)NCCOc2cc(C)cc(C)c2)cc1. The van der Waals surface area contributed by atoms with Gasteiger partial charge in [-0.05, 0) is 61.2 Å². The van der Waals surface area contributed by atoms with E-state index in [0.717, 1.165) is 28.9 Å². The summed E-state index contributed by atoms with van der Waals surface area (Å²) < 4.78 is 32.5. The van der Waals surface area contributed by atoms with Crippen molar-refractivity contribution in [2.75, 3.05) is 13.2 Å². The first kappa shape index (κ1) is 17.5. The fourth-order valence-electron chi connectivity index (χ4n) is 2.35. The van der Waals surface area contributed by atoms with Crippen LogP contribution in [0.2, 0.25) is 0 Å². The van der Waals surface area contributed by atoms with E-state index in [4.69, 9.17) is 4.74 Å². The average Bonchev–Trinajstić information content (AvgIpc) is 2.51. The fraction of sp³-hybridized carbons (Fsp3) is 0.333. The molecule has 0 bridgehead atoms. The molecule has 4 nitrogen and oxygen atoms in total. The first-order valence-electron chi connectivity index (χ1n) is 7.70. The summed E-state index contributed by atoms with van der Waals surface area (Å²) in [4.78, 5) is 0.279. The largest absolute Gasteiger partial charge is 0.492 e. The van der Waals surface area contributed by atoms with Crippen molar-refractivity contribution in [3.8, 4) is 5.75 Å². The van der Waals surface area contributed by atoms with E-state index in [9.17, 15) is 8.42 Å². The summed E-state index contributed by atoms with van der Waals surface area (Å²) in [6.45, 7) is 6.55. The van der Waals surface area contributed by atoms with Gasteiger partial charge in [0.2, 0.25) is 10.0 Å². The molecule has 0 aliphatic carbocycles. The van der Waals surface area contributed by atoms with Crippen LogP contribution in [-0.2, 0) is 16.4 Å². The monoisotopic (exact) mass is 333 g/mol. The van der Waals surface area contributed by atoms with Crippen molar-refractivity contribution in [2.24, 2.45) is 0 Å². The molecule has 0 radical (unpaired) electrons. The summed E-state index contributed by atoms with van der Waals surface area (Å²) in [6.07, 6.45) is 0.886. The van der Waals surface area contributed by atoms with Crippen molar-refractivity contribution >= 4 is 10.0 Å². The highest BCUT2D eigenvalue weighted by Gasteiger charge is 2.12. The zero-order valence-corrected chi connectivity index (χ0v) is 14.6.